The van der Waals surface area contributed by atoms with Crippen molar-refractivity contribution in [2.75, 3.05) is 51.8 Å². The predicted octanol–water partition coefficient (Wildman–Crippen LogP) is 3.10. The van der Waals surface area contributed by atoms with Gasteiger partial charge in [-0.15, -0.1) is 23.5 Å². The number of unbranched alkanes of at least 4 members (excludes halogenated alkanes) is 2. The highest BCUT2D eigenvalue weighted by molar-refractivity contribution is 7.99. The molecule has 2 aliphatic heterocycles. The fourth-order valence-corrected chi connectivity index (χ4v) is 7.35. The van der Waals surface area contributed by atoms with Crippen LogP contribution >= 0.6 is 47.0 Å². The largest absolute Gasteiger partial charge is 1.00 e. The number of nitrogens with zero attached hydrogens (tertiary/aromatic N) is 5. The first-order chi connectivity index (χ1) is 16.5. The van der Waals surface area contributed by atoms with Crippen molar-refractivity contribution in [1.82, 2.24) is 22.8 Å². The maximum absolute atomic E-state index is 4.52. The molecule has 0 spiro atoms. The summed E-state index contributed by atoms with van der Waals surface area (Å²) in [5, 5.41) is 5.64. The molecule has 0 aromatic carbocycles. The molecule has 0 aliphatic carbocycles. The average molecular weight is 667 g/mol. The van der Waals surface area contributed by atoms with Crippen LogP contribution in [0.4, 0.5) is 0 Å². The highest BCUT2D eigenvalue weighted by Crippen LogP contribution is 2.31. The van der Waals surface area contributed by atoms with E-state index >= 15 is 0 Å². The van der Waals surface area contributed by atoms with Gasteiger partial charge in [-0.05, 0) is 42.9 Å². The summed E-state index contributed by atoms with van der Waals surface area (Å²) in [5.41, 5.74) is 4.96. The van der Waals surface area contributed by atoms with Crippen molar-refractivity contribution in [2.24, 2.45) is 0 Å². The van der Waals surface area contributed by atoms with Gasteiger partial charge in [-0.3, -0.25) is 0 Å². The Morgan fingerprint density at radius 1 is 0.857 bits per heavy atom. The minimum absolute atomic E-state index is 0. The van der Waals surface area contributed by atoms with Crippen LogP contribution in [-0.2, 0) is 0 Å². The second-order valence-corrected chi connectivity index (χ2v) is 12.5. The Bertz CT molecular complexity index is 940. The summed E-state index contributed by atoms with van der Waals surface area (Å²) >= 11 is 6.38. The zero-order valence-corrected chi connectivity index (χ0v) is 26.8. The molecule has 1 N–H and O–H groups in total. The van der Waals surface area contributed by atoms with Gasteiger partial charge < -0.3 is 33.8 Å². The normalized spacial score (nSPS) is 17.0. The van der Waals surface area contributed by atoms with Crippen LogP contribution in [0.5, 0.6) is 0 Å². The summed E-state index contributed by atoms with van der Waals surface area (Å²) in [6.45, 7) is 8.76. The standard InChI is InChI=1S/C13H22N3S2.C11H17N3S2.HI/c1-4-5-9-17-13-12(14-18-15-13)11-7-6-8-16(2,3)10-11;1-2-3-7-15-11-10(13-16-14-11)9-5-4-6-12-8-9;/h7H,4-6,8-10H2,1-3H3;5,12H,2-4,6-8H2,1H3;1H/q+1;;/p-1. The van der Waals surface area contributed by atoms with E-state index in [1.807, 2.05) is 23.5 Å². The van der Waals surface area contributed by atoms with E-state index in [2.05, 4.69) is 62.9 Å². The van der Waals surface area contributed by atoms with E-state index in [0.717, 1.165) is 69.9 Å². The maximum Gasteiger partial charge on any atom is 0.138 e. The van der Waals surface area contributed by atoms with Gasteiger partial charge in [0.15, 0.2) is 0 Å². The van der Waals surface area contributed by atoms with Crippen LogP contribution in [0.1, 0.15) is 63.8 Å². The average Bonchev–Trinajstić information content (AvgIpc) is 3.50. The number of nitrogens with one attached hydrogen (secondary N) is 1. The summed E-state index contributed by atoms with van der Waals surface area (Å²) in [7, 11) is 4.58. The molecule has 0 unspecified atom stereocenters. The van der Waals surface area contributed by atoms with Crippen molar-refractivity contribution < 1.29 is 28.5 Å². The fraction of sp³-hybridized carbons (Fsp3) is 0.667. The van der Waals surface area contributed by atoms with Gasteiger partial charge in [0.2, 0.25) is 0 Å². The molecular weight excluding hydrogens is 627 g/mol. The third kappa shape index (κ3) is 10.3. The first kappa shape index (κ1) is 31.2. The highest BCUT2D eigenvalue weighted by atomic mass is 127. The van der Waals surface area contributed by atoms with E-state index in [9.17, 15) is 0 Å². The van der Waals surface area contributed by atoms with E-state index in [1.54, 1.807) is 0 Å². The molecule has 35 heavy (non-hydrogen) atoms. The Balaban J connectivity index is 0.000000241. The summed E-state index contributed by atoms with van der Waals surface area (Å²) in [4.78, 5) is 0. The summed E-state index contributed by atoms with van der Waals surface area (Å²) in [6.07, 6.45) is 11.9. The summed E-state index contributed by atoms with van der Waals surface area (Å²) < 4.78 is 18.8. The molecule has 4 rings (SSSR count). The number of hydrogen-bond acceptors (Lipinski definition) is 9. The van der Waals surface area contributed by atoms with Crippen molar-refractivity contribution in [3.8, 4) is 0 Å². The summed E-state index contributed by atoms with van der Waals surface area (Å²) in [6, 6.07) is 0. The molecule has 0 atom stereocenters. The Hall–Kier alpha value is -0.0500. The number of thioether (sulfide) groups is 2. The molecule has 11 heteroatoms. The first-order valence-corrected chi connectivity index (χ1v) is 15.8. The van der Waals surface area contributed by atoms with Gasteiger partial charge in [-0.1, -0.05) is 38.8 Å². The van der Waals surface area contributed by atoms with Gasteiger partial charge in [-0.2, -0.15) is 17.5 Å². The van der Waals surface area contributed by atoms with Gasteiger partial charge in [0.05, 0.1) is 44.1 Å². The molecule has 2 aliphatic rings. The number of likely N-dealkylation sites (N-methyl/N-ethyl adjacent to an activating group) is 1. The van der Waals surface area contributed by atoms with Gasteiger partial charge in [0.25, 0.3) is 0 Å². The minimum atomic E-state index is 0. The van der Waals surface area contributed by atoms with E-state index in [1.165, 1.54) is 66.8 Å². The fourth-order valence-electron chi connectivity index (χ4n) is 3.76. The molecule has 0 bridgehead atoms. The minimum Gasteiger partial charge on any atom is -1.00 e. The van der Waals surface area contributed by atoms with Crippen LogP contribution in [-0.4, -0.2) is 73.8 Å². The second-order valence-electron chi connectivity index (χ2n) is 9.27. The van der Waals surface area contributed by atoms with Crippen LogP contribution in [0.3, 0.4) is 0 Å². The third-order valence-corrected chi connectivity index (χ3v) is 9.14. The highest BCUT2D eigenvalue weighted by Gasteiger charge is 2.25. The topological polar surface area (TPSA) is 63.6 Å². The number of aromatic nitrogens is 4. The SMILES string of the molecule is CCCCSc1nsnc1C1=CCCNC1.CCCCSc1nsnc1C1=CCC[N+](C)(C)C1.[I-]. The lowest BCUT2D eigenvalue weighted by molar-refractivity contribution is -0.883. The Morgan fingerprint density at radius 2 is 1.43 bits per heavy atom. The molecule has 0 saturated heterocycles. The van der Waals surface area contributed by atoms with Gasteiger partial charge in [-0.25, -0.2) is 0 Å². The lowest BCUT2D eigenvalue weighted by Gasteiger charge is -2.33. The summed E-state index contributed by atoms with van der Waals surface area (Å²) in [5.74, 6) is 2.30. The van der Waals surface area contributed by atoms with Crippen LogP contribution in [0, 0.1) is 0 Å². The van der Waals surface area contributed by atoms with Gasteiger partial charge in [0.1, 0.15) is 28.0 Å². The smallest absolute Gasteiger partial charge is 0.138 e. The van der Waals surface area contributed by atoms with Gasteiger partial charge >= 0.3 is 0 Å². The molecule has 0 amide bonds. The maximum atomic E-state index is 4.52. The first-order valence-electron chi connectivity index (χ1n) is 12.4. The zero-order chi connectivity index (χ0) is 24.2. The third-order valence-electron chi connectivity index (χ3n) is 5.75. The van der Waals surface area contributed by atoms with E-state index in [0.29, 0.717) is 0 Å². The predicted molar refractivity (Wildman–Crippen MR) is 151 cm³/mol. The number of hydrogen-bond donors (Lipinski definition) is 1. The lowest BCUT2D eigenvalue weighted by Crippen LogP contribution is -3.00. The molecule has 0 saturated carbocycles. The van der Waals surface area contributed by atoms with E-state index in [4.69, 9.17) is 0 Å². The Morgan fingerprint density at radius 3 is 1.94 bits per heavy atom. The van der Waals surface area contributed by atoms with Crippen LogP contribution in [0.2, 0.25) is 0 Å². The molecule has 2 aromatic rings. The van der Waals surface area contributed by atoms with Crippen LogP contribution < -0.4 is 29.3 Å². The molecule has 196 valence electrons. The number of halogens is 1. The molecule has 0 fully saturated rings. The second kappa shape index (κ2) is 16.7. The van der Waals surface area contributed by atoms with E-state index in [-0.39, 0.29) is 24.0 Å². The van der Waals surface area contributed by atoms with Crippen molar-refractivity contribution in [2.45, 2.75) is 62.4 Å². The van der Waals surface area contributed by atoms with Crippen LogP contribution in [0.25, 0.3) is 11.1 Å². The Labute approximate surface area is 245 Å². The lowest BCUT2D eigenvalue weighted by atomic mass is 10.1. The number of rotatable bonds is 10. The van der Waals surface area contributed by atoms with Crippen molar-refractivity contribution in [3.05, 3.63) is 23.5 Å². The zero-order valence-electron chi connectivity index (χ0n) is 21.4. The van der Waals surface area contributed by atoms with Crippen molar-refractivity contribution in [1.29, 1.82) is 0 Å². The quantitative estimate of drug-likeness (QED) is 0.181. The molecule has 6 nitrogen and oxygen atoms in total. The monoisotopic (exact) mass is 666 g/mol. The van der Waals surface area contributed by atoms with Crippen molar-refractivity contribution >= 4 is 58.1 Å². The van der Waals surface area contributed by atoms with Crippen molar-refractivity contribution in [3.63, 3.8) is 0 Å². The van der Waals surface area contributed by atoms with Gasteiger partial charge in [0, 0.05) is 18.5 Å². The Kier molecular flexibility index (Phi) is 14.9. The molecule has 2 aromatic heterocycles. The van der Waals surface area contributed by atoms with E-state index < -0.39 is 0 Å². The molecule has 4 heterocycles. The molecule has 0 radical (unpaired) electrons. The van der Waals surface area contributed by atoms with Crippen LogP contribution in [0.15, 0.2) is 22.2 Å². The number of quaternary nitrogens is 1. The molecular formula is C24H39IN6S4.